The summed E-state index contributed by atoms with van der Waals surface area (Å²) in [6.45, 7) is 8.61. The minimum atomic E-state index is -0.808. The van der Waals surface area contributed by atoms with Crippen molar-refractivity contribution in [2.45, 2.75) is 71.1 Å². The summed E-state index contributed by atoms with van der Waals surface area (Å²) in [6.07, 6.45) is 3.28. The van der Waals surface area contributed by atoms with Crippen LogP contribution < -0.4 is 0 Å². The molecule has 0 aromatic rings. The lowest BCUT2D eigenvalue weighted by atomic mass is 9.89. The van der Waals surface area contributed by atoms with Crippen LogP contribution in [0, 0.1) is 0 Å². The smallest absolute Gasteiger partial charge is 0.407 e. The molecule has 0 aromatic carbocycles. The number of rotatable bonds is 3. The van der Waals surface area contributed by atoms with Gasteiger partial charge in [-0.3, -0.25) is 0 Å². The van der Waals surface area contributed by atoms with Crippen LogP contribution in [0.15, 0.2) is 0 Å². The normalized spacial score (nSPS) is 25.6. The van der Waals surface area contributed by atoms with Crippen molar-refractivity contribution in [1.82, 2.24) is 4.90 Å². The van der Waals surface area contributed by atoms with E-state index in [1.165, 1.54) is 0 Å². The number of nitrogens with zero attached hydrogens (tertiary/aromatic N) is 1. The largest absolute Gasteiger partial charge is 0.465 e. The highest BCUT2D eigenvalue weighted by Crippen LogP contribution is 2.29. The van der Waals surface area contributed by atoms with Crippen molar-refractivity contribution in [2.24, 2.45) is 0 Å². The standard InChI is InChI=1S/C13H25NO3/c1-5-17-11-8-6-10(7-9-11)14(12(15)16)13(2,3)4/h10-11H,5-9H2,1-4H3,(H,15,16). The highest BCUT2D eigenvalue weighted by Gasteiger charge is 2.35. The van der Waals surface area contributed by atoms with E-state index >= 15 is 0 Å². The van der Waals surface area contributed by atoms with E-state index in [2.05, 4.69) is 0 Å². The summed E-state index contributed by atoms with van der Waals surface area (Å²) in [7, 11) is 0. The topological polar surface area (TPSA) is 49.8 Å². The van der Waals surface area contributed by atoms with Gasteiger partial charge >= 0.3 is 6.09 Å². The quantitative estimate of drug-likeness (QED) is 0.828. The molecule has 17 heavy (non-hydrogen) atoms. The summed E-state index contributed by atoms with van der Waals surface area (Å²) in [4.78, 5) is 13.0. The fourth-order valence-corrected chi connectivity index (χ4v) is 2.70. The summed E-state index contributed by atoms with van der Waals surface area (Å²) in [5.74, 6) is 0. The first kappa shape index (κ1) is 14.3. The van der Waals surface area contributed by atoms with E-state index in [1.807, 2.05) is 27.7 Å². The predicted molar refractivity (Wildman–Crippen MR) is 67.3 cm³/mol. The molecule has 1 fully saturated rings. The molecule has 1 saturated carbocycles. The molecular weight excluding hydrogens is 218 g/mol. The van der Waals surface area contributed by atoms with Gasteiger partial charge in [0.25, 0.3) is 0 Å². The summed E-state index contributed by atoms with van der Waals surface area (Å²) in [6, 6.07) is 0.143. The molecule has 0 radical (unpaired) electrons. The van der Waals surface area contributed by atoms with Crippen molar-refractivity contribution in [3.8, 4) is 0 Å². The predicted octanol–water partition coefficient (Wildman–Crippen LogP) is 3.11. The van der Waals surface area contributed by atoms with Gasteiger partial charge in [-0.15, -0.1) is 0 Å². The molecule has 100 valence electrons. The van der Waals surface area contributed by atoms with Crippen LogP contribution in [0.5, 0.6) is 0 Å². The first-order valence-corrected chi connectivity index (χ1v) is 6.50. The maximum absolute atomic E-state index is 11.3. The Hall–Kier alpha value is -0.770. The lowest BCUT2D eigenvalue weighted by molar-refractivity contribution is -0.00115. The third kappa shape index (κ3) is 3.87. The first-order valence-electron chi connectivity index (χ1n) is 6.50. The fourth-order valence-electron chi connectivity index (χ4n) is 2.70. The van der Waals surface area contributed by atoms with Crippen molar-refractivity contribution in [2.75, 3.05) is 6.61 Å². The van der Waals surface area contributed by atoms with Crippen LogP contribution in [0.25, 0.3) is 0 Å². The van der Waals surface area contributed by atoms with Gasteiger partial charge in [0.1, 0.15) is 0 Å². The Balaban J connectivity index is 2.59. The van der Waals surface area contributed by atoms with Crippen molar-refractivity contribution >= 4 is 6.09 Å². The second-order valence-corrected chi connectivity index (χ2v) is 5.71. The Morgan fingerprint density at radius 3 is 2.18 bits per heavy atom. The maximum atomic E-state index is 11.3. The average molecular weight is 243 g/mol. The molecule has 1 aliphatic rings. The number of carbonyl (C=O) groups is 1. The minimum Gasteiger partial charge on any atom is -0.465 e. The molecule has 1 aliphatic carbocycles. The second-order valence-electron chi connectivity index (χ2n) is 5.71. The van der Waals surface area contributed by atoms with Crippen molar-refractivity contribution in [3.63, 3.8) is 0 Å². The van der Waals surface area contributed by atoms with Gasteiger partial charge in [-0.05, 0) is 53.4 Å². The maximum Gasteiger partial charge on any atom is 0.407 e. The molecule has 4 heteroatoms. The zero-order valence-electron chi connectivity index (χ0n) is 11.4. The molecule has 1 N–H and O–H groups in total. The number of ether oxygens (including phenoxy) is 1. The zero-order valence-corrected chi connectivity index (χ0v) is 11.4. The van der Waals surface area contributed by atoms with Crippen molar-refractivity contribution in [1.29, 1.82) is 0 Å². The molecule has 0 saturated heterocycles. The van der Waals surface area contributed by atoms with Crippen LogP contribution in [0.1, 0.15) is 53.4 Å². The molecule has 0 bridgehead atoms. The first-order chi connectivity index (χ1) is 7.86. The summed E-state index contributed by atoms with van der Waals surface area (Å²) < 4.78 is 5.59. The molecule has 0 atom stereocenters. The Kier molecular flexibility index (Phi) is 4.80. The van der Waals surface area contributed by atoms with E-state index in [9.17, 15) is 9.90 Å². The molecule has 0 aliphatic heterocycles. The Morgan fingerprint density at radius 1 is 1.29 bits per heavy atom. The van der Waals surface area contributed by atoms with Gasteiger partial charge < -0.3 is 14.7 Å². The molecule has 0 aromatic heterocycles. The lowest BCUT2D eigenvalue weighted by Crippen LogP contribution is -2.52. The van der Waals surface area contributed by atoms with Gasteiger partial charge in [0, 0.05) is 18.2 Å². The molecule has 4 nitrogen and oxygen atoms in total. The van der Waals surface area contributed by atoms with Crippen LogP contribution in [-0.2, 0) is 4.74 Å². The monoisotopic (exact) mass is 243 g/mol. The third-order valence-corrected chi connectivity index (χ3v) is 3.34. The highest BCUT2D eigenvalue weighted by molar-refractivity contribution is 5.66. The molecule has 1 rings (SSSR count). The van der Waals surface area contributed by atoms with Gasteiger partial charge in [-0.1, -0.05) is 0 Å². The number of hydrogen-bond acceptors (Lipinski definition) is 2. The van der Waals surface area contributed by atoms with Crippen LogP contribution in [-0.4, -0.2) is 40.4 Å². The van der Waals surface area contributed by atoms with E-state index in [4.69, 9.17) is 4.74 Å². The van der Waals surface area contributed by atoms with Crippen molar-refractivity contribution in [3.05, 3.63) is 0 Å². The Bertz CT molecular complexity index is 252. The average Bonchev–Trinajstić information content (AvgIpc) is 2.18. The van der Waals surface area contributed by atoms with E-state index in [0.29, 0.717) is 6.10 Å². The fraction of sp³-hybridized carbons (Fsp3) is 0.923. The lowest BCUT2D eigenvalue weighted by Gasteiger charge is -2.42. The number of hydrogen-bond donors (Lipinski definition) is 1. The van der Waals surface area contributed by atoms with Crippen LogP contribution >= 0.6 is 0 Å². The van der Waals surface area contributed by atoms with Crippen molar-refractivity contribution < 1.29 is 14.6 Å². The molecule has 0 unspecified atom stereocenters. The molecule has 0 spiro atoms. The Labute approximate surface area is 104 Å². The van der Waals surface area contributed by atoms with E-state index in [0.717, 1.165) is 32.3 Å². The Morgan fingerprint density at radius 2 is 1.82 bits per heavy atom. The molecule has 0 heterocycles. The highest BCUT2D eigenvalue weighted by atomic mass is 16.5. The minimum absolute atomic E-state index is 0.143. The summed E-state index contributed by atoms with van der Waals surface area (Å²) >= 11 is 0. The van der Waals surface area contributed by atoms with Crippen LogP contribution in [0.2, 0.25) is 0 Å². The van der Waals surface area contributed by atoms with Crippen LogP contribution in [0.3, 0.4) is 0 Å². The van der Waals surface area contributed by atoms with Gasteiger partial charge in [0.2, 0.25) is 0 Å². The van der Waals surface area contributed by atoms with Crippen LogP contribution in [0.4, 0.5) is 4.79 Å². The number of carboxylic acid groups (broad SMARTS) is 1. The van der Waals surface area contributed by atoms with E-state index in [-0.39, 0.29) is 11.6 Å². The SMILES string of the molecule is CCOC1CCC(N(C(=O)O)C(C)(C)C)CC1. The molecular formula is C13H25NO3. The zero-order chi connectivity index (χ0) is 13.1. The summed E-state index contributed by atoms with van der Waals surface area (Å²) in [5, 5.41) is 9.33. The number of amides is 1. The van der Waals surface area contributed by atoms with Gasteiger partial charge in [0.05, 0.1) is 6.10 Å². The van der Waals surface area contributed by atoms with Gasteiger partial charge in [-0.2, -0.15) is 0 Å². The third-order valence-electron chi connectivity index (χ3n) is 3.34. The van der Waals surface area contributed by atoms with Gasteiger partial charge in [-0.25, -0.2) is 4.79 Å². The second kappa shape index (κ2) is 5.71. The van der Waals surface area contributed by atoms with E-state index in [1.54, 1.807) is 4.90 Å². The summed E-state index contributed by atoms with van der Waals surface area (Å²) in [5.41, 5.74) is -0.324. The van der Waals surface area contributed by atoms with E-state index < -0.39 is 6.09 Å². The molecule has 1 amide bonds. The van der Waals surface area contributed by atoms with Gasteiger partial charge in [0.15, 0.2) is 0 Å².